The molecule has 0 radical (unpaired) electrons. The van der Waals surface area contributed by atoms with Crippen LogP contribution in [0.3, 0.4) is 0 Å². The molecule has 0 spiro atoms. The molecular formula is C17H29FO6P2. The minimum atomic E-state index is -2.14. The highest BCUT2D eigenvalue weighted by molar-refractivity contribution is 7.44. The van der Waals surface area contributed by atoms with E-state index >= 15 is 0 Å². The van der Waals surface area contributed by atoms with Crippen molar-refractivity contribution >= 4 is 21.8 Å². The van der Waals surface area contributed by atoms with Gasteiger partial charge in [0.15, 0.2) is 5.78 Å². The van der Waals surface area contributed by atoms with Gasteiger partial charge in [-0.15, -0.1) is 0 Å². The van der Waals surface area contributed by atoms with E-state index < -0.39 is 21.9 Å². The second-order valence-corrected chi connectivity index (χ2v) is 8.02. The Kier molecular flexibility index (Phi) is 15.8. The number of ether oxygens (including phenoxy) is 1. The predicted octanol–water partition coefficient (Wildman–Crippen LogP) is 4.79. The summed E-state index contributed by atoms with van der Waals surface area (Å²) in [6.45, 7) is 6.88. The molecule has 0 N–H and O–H groups in total. The van der Waals surface area contributed by atoms with E-state index in [1.807, 2.05) is 6.92 Å². The predicted molar refractivity (Wildman–Crippen MR) is 103 cm³/mol. The van der Waals surface area contributed by atoms with Crippen molar-refractivity contribution in [2.75, 3.05) is 32.3 Å². The molecule has 0 amide bonds. The van der Waals surface area contributed by atoms with Crippen LogP contribution in [0.1, 0.15) is 44.0 Å². The molecule has 26 heavy (non-hydrogen) atoms. The maximum Gasteiger partial charge on any atom is 0.319 e. The van der Waals surface area contributed by atoms with Gasteiger partial charge in [-0.2, -0.15) is 0 Å². The minimum Gasteiger partial charge on any atom is -0.374 e. The lowest BCUT2D eigenvalue weighted by molar-refractivity contribution is 0.0981. The molecule has 1 aromatic carbocycles. The smallest absolute Gasteiger partial charge is 0.319 e. The number of carbonyl (C=O) groups excluding carboxylic acids is 1. The number of ketones is 1. The molecule has 0 fully saturated rings. The van der Waals surface area contributed by atoms with E-state index in [9.17, 15) is 18.3 Å². The van der Waals surface area contributed by atoms with Crippen LogP contribution in [0.5, 0.6) is 0 Å². The van der Waals surface area contributed by atoms with Crippen LogP contribution in [-0.2, 0) is 22.9 Å². The Hall–Kier alpha value is -0.840. The molecule has 0 saturated carbocycles. The maximum atomic E-state index is 12.9. The normalized spacial score (nSPS) is 11.7. The summed E-state index contributed by atoms with van der Waals surface area (Å²) in [5.74, 6) is -0.522. The quantitative estimate of drug-likeness (QED) is 0.364. The van der Waals surface area contributed by atoms with Crippen molar-refractivity contribution in [3.8, 4) is 0 Å². The number of carbonyl (C=O) groups is 1. The third-order valence-corrected chi connectivity index (χ3v) is 5.48. The van der Waals surface area contributed by atoms with E-state index in [2.05, 4.69) is 9.05 Å². The fourth-order valence-electron chi connectivity index (χ4n) is 1.82. The van der Waals surface area contributed by atoms with Gasteiger partial charge in [-0.05, 0) is 39.3 Å². The van der Waals surface area contributed by atoms with Crippen LogP contribution in [-0.4, -0.2) is 38.1 Å². The maximum absolute atomic E-state index is 12.9. The molecule has 1 aromatic rings. The molecule has 1 atom stereocenters. The van der Waals surface area contributed by atoms with Gasteiger partial charge < -0.3 is 18.3 Å². The number of Topliss-reactive ketones (excluding diaryl/α,β-unsaturated/α-hetero) is 1. The lowest BCUT2D eigenvalue weighted by atomic mass is 10.1. The van der Waals surface area contributed by atoms with Gasteiger partial charge >= 0.3 is 8.25 Å². The van der Waals surface area contributed by atoms with Crippen molar-refractivity contribution in [3.63, 3.8) is 0 Å². The molecule has 0 aliphatic heterocycles. The Labute approximate surface area is 156 Å². The largest absolute Gasteiger partial charge is 0.374 e. The third-order valence-electron chi connectivity index (χ3n) is 3.00. The number of hydrogen-bond acceptors (Lipinski definition) is 6. The molecule has 0 heterocycles. The first-order valence-corrected chi connectivity index (χ1v) is 11.7. The summed E-state index contributed by atoms with van der Waals surface area (Å²) in [4.78, 5) is 11.7. The summed E-state index contributed by atoms with van der Waals surface area (Å²) in [7, 11) is -3.88. The van der Waals surface area contributed by atoms with Crippen molar-refractivity contribution in [3.05, 3.63) is 35.6 Å². The van der Waals surface area contributed by atoms with Gasteiger partial charge in [-0.25, -0.2) is 4.39 Å². The standard InChI is InChI=1S/C13H18FO3P.C4H11O3P/c1-2-17-10-18(16)8-4-7-13(15)11-5-3-6-12(14)9-11;1-3-6-8(5)7-4-2/h3,5-6,9,18H,2,4,7-8,10H2,1H3;8H,3-4H2,1-2H3. The Morgan fingerprint density at radius 2 is 1.73 bits per heavy atom. The third kappa shape index (κ3) is 13.4. The molecule has 0 aliphatic rings. The number of rotatable bonds is 12. The van der Waals surface area contributed by atoms with E-state index in [-0.39, 0.29) is 12.1 Å². The topological polar surface area (TPSA) is 78.9 Å². The molecule has 150 valence electrons. The second kappa shape index (κ2) is 16.3. The van der Waals surface area contributed by atoms with Gasteiger partial charge in [-0.3, -0.25) is 9.36 Å². The highest BCUT2D eigenvalue weighted by Crippen LogP contribution is 2.23. The summed E-state index contributed by atoms with van der Waals surface area (Å²) in [6.07, 6.45) is 1.65. The molecule has 0 saturated heterocycles. The zero-order valence-corrected chi connectivity index (χ0v) is 17.6. The molecule has 6 nitrogen and oxygen atoms in total. The fraction of sp³-hybridized carbons (Fsp3) is 0.588. The van der Waals surface area contributed by atoms with Gasteiger partial charge in [0.25, 0.3) is 0 Å². The van der Waals surface area contributed by atoms with Crippen LogP contribution in [0.2, 0.25) is 0 Å². The van der Waals surface area contributed by atoms with Crippen LogP contribution in [0.25, 0.3) is 0 Å². The van der Waals surface area contributed by atoms with Crippen molar-refractivity contribution in [1.82, 2.24) is 0 Å². The van der Waals surface area contributed by atoms with E-state index in [1.165, 1.54) is 18.2 Å². The Morgan fingerprint density at radius 3 is 2.27 bits per heavy atom. The average Bonchev–Trinajstić information content (AvgIpc) is 2.61. The molecular weight excluding hydrogens is 381 g/mol. The van der Waals surface area contributed by atoms with Gasteiger partial charge in [0, 0.05) is 24.8 Å². The van der Waals surface area contributed by atoms with Crippen LogP contribution >= 0.6 is 16.1 Å². The summed E-state index contributed by atoms with van der Waals surface area (Å²) in [5, 5.41) is 0. The fourth-order valence-corrected chi connectivity index (χ4v) is 3.52. The first kappa shape index (κ1) is 25.2. The summed E-state index contributed by atoms with van der Waals surface area (Å²) in [5.41, 5.74) is 0.375. The average molecular weight is 410 g/mol. The van der Waals surface area contributed by atoms with Crippen molar-refractivity contribution in [2.24, 2.45) is 0 Å². The molecule has 1 rings (SSSR count). The van der Waals surface area contributed by atoms with Crippen molar-refractivity contribution in [2.45, 2.75) is 33.6 Å². The number of halogens is 1. The van der Waals surface area contributed by atoms with Gasteiger partial charge in [0.2, 0.25) is 0 Å². The molecule has 0 bridgehead atoms. The lowest BCUT2D eigenvalue weighted by Crippen LogP contribution is -2.00. The summed E-state index contributed by atoms with van der Waals surface area (Å²) >= 11 is 0. The van der Waals surface area contributed by atoms with Crippen LogP contribution in [0, 0.1) is 5.82 Å². The molecule has 0 aromatic heterocycles. The van der Waals surface area contributed by atoms with Gasteiger partial charge in [0.1, 0.15) is 13.6 Å². The van der Waals surface area contributed by atoms with E-state index in [0.29, 0.717) is 44.4 Å². The summed E-state index contributed by atoms with van der Waals surface area (Å²) in [6, 6.07) is 5.64. The summed E-state index contributed by atoms with van der Waals surface area (Å²) < 4.78 is 49.0. The zero-order chi connectivity index (χ0) is 19.8. The number of hydrogen-bond donors (Lipinski definition) is 0. The van der Waals surface area contributed by atoms with E-state index in [1.54, 1.807) is 19.9 Å². The Bertz CT molecular complexity index is 560. The van der Waals surface area contributed by atoms with Gasteiger partial charge in [-0.1, -0.05) is 12.1 Å². The Morgan fingerprint density at radius 1 is 1.08 bits per heavy atom. The highest BCUT2D eigenvalue weighted by Gasteiger charge is 2.07. The second-order valence-electron chi connectivity index (χ2n) is 5.08. The number of benzene rings is 1. The first-order chi connectivity index (χ1) is 12.4. The van der Waals surface area contributed by atoms with Crippen LogP contribution in [0.4, 0.5) is 4.39 Å². The monoisotopic (exact) mass is 410 g/mol. The molecule has 1 unspecified atom stereocenters. The zero-order valence-electron chi connectivity index (χ0n) is 15.6. The highest BCUT2D eigenvalue weighted by atomic mass is 31.1. The lowest BCUT2D eigenvalue weighted by Gasteiger charge is -2.03. The Balaban J connectivity index is 0.000000660. The van der Waals surface area contributed by atoms with E-state index in [4.69, 9.17) is 4.74 Å². The van der Waals surface area contributed by atoms with Crippen molar-refractivity contribution in [1.29, 1.82) is 0 Å². The minimum absolute atomic E-state index is 0.110. The SMILES string of the molecule is CCOC[PH](=O)CCCC(=O)c1cccc(F)c1.CCO[PH](=O)OCC. The van der Waals surface area contributed by atoms with Crippen LogP contribution in [0.15, 0.2) is 24.3 Å². The molecule has 9 heteroatoms. The van der Waals surface area contributed by atoms with Gasteiger partial charge in [0.05, 0.1) is 19.6 Å². The van der Waals surface area contributed by atoms with Crippen molar-refractivity contribution < 1.29 is 32.1 Å². The first-order valence-electron chi connectivity index (χ1n) is 8.62. The van der Waals surface area contributed by atoms with Crippen LogP contribution < -0.4 is 0 Å². The van der Waals surface area contributed by atoms with E-state index in [0.717, 1.165) is 0 Å². The molecule has 0 aliphatic carbocycles.